The molecule has 1 aromatic rings. The fraction of sp³-hybridized carbons (Fsp3) is 0.767. The Balaban J connectivity index is 2.00. The number of amides is 1. The van der Waals surface area contributed by atoms with Gasteiger partial charge in [0.15, 0.2) is 0 Å². The molecule has 0 aliphatic carbocycles. The molecule has 0 bridgehead atoms. The Kier molecular flexibility index (Phi) is 14.1. The summed E-state index contributed by atoms with van der Waals surface area (Å²) in [6, 6.07) is 4.23. The summed E-state index contributed by atoms with van der Waals surface area (Å²) >= 11 is 0. The molecule has 3 atom stereocenters. The third-order valence-electron chi connectivity index (χ3n) is 7.65. The topological polar surface area (TPSA) is 77.0 Å². The van der Waals surface area contributed by atoms with E-state index in [9.17, 15) is 23.1 Å². The minimum Gasteiger partial charge on any atom is -0.493 e. The van der Waals surface area contributed by atoms with E-state index in [1.54, 1.807) is 0 Å². The molecule has 1 heterocycles. The van der Waals surface area contributed by atoms with Crippen molar-refractivity contribution in [2.45, 2.75) is 91.0 Å². The Morgan fingerprint density at radius 1 is 1.10 bits per heavy atom. The van der Waals surface area contributed by atoms with E-state index in [1.165, 1.54) is 19.2 Å². The SMILES string of the molecule is COCCCOc1cc(CC(CC[C@@H](O)CC(C(=O)NC2CCOCC2)C(C)C)C(C)C)ccc1C(F)(F)F. The molecule has 1 aliphatic rings. The molecule has 2 N–H and O–H groups in total. The van der Waals surface area contributed by atoms with E-state index in [2.05, 4.69) is 19.2 Å². The molecule has 224 valence electrons. The average molecular weight is 560 g/mol. The Hall–Kier alpha value is -1.84. The highest BCUT2D eigenvalue weighted by molar-refractivity contribution is 5.79. The van der Waals surface area contributed by atoms with Gasteiger partial charge in [0.2, 0.25) is 5.91 Å². The Bertz CT molecular complexity index is 855. The van der Waals surface area contributed by atoms with Crippen molar-refractivity contribution < 1.29 is 37.3 Å². The van der Waals surface area contributed by atoms with Gasteiger partial charge in [0.05, 0.1) is 18.3 Å². The highest BCUT2D eigenvalue weighted by Gasteiger charge is 2.35. The third-order valence-corrected chi connectivity index (χ3v) is 7.65. The number of aliphatic hydroxyl groups excluding tert-OH is 1. The first-order chi connectivity index (χ1) is 18.4. The van der Waals surface area contributed by atoms with Crippen molar-refractivity contribution in [1.82, 2.24) is 5.32 Å². The number of methoxy groups -OCH3 is 1. The van der Waals surface area contributed by atoms with Gasteiger partial charge in [0, 0.05) is 45.3 Å². The molecule has 6 nitrogen and oxygen atoms in total. The zero-order chi connectivity index (χ0) is 29.0. The van der Waals surface area contributed by atoms with Crippen molar-refractivity contribution in [3.8, 4) is 5.75 Å². The van der Waals surface area contributed by atoms with E-state index in [0.717, 1.165) is 24.5 Å². The molecule has 2 rings (SSSR count). The third kappa shape index (κ3) is 11.7. The first-order valence-corrected chi connectivity index (χ1v) is 14.3. The predicted molar refractivity (Wildman–Crippen MR) is 146 cm³/mol. The van der Waals surface area contributed by atoms with Gasteiger partial charge in [-0.2, -0.15) is 13.2 Å². The van der Waals surface area contributed by atoms with Gasteiger partial charge in [-0.25, -0.2) is 0 Å². The maximum Gasteiger partial charge on any atom is 0.419 e. The van der Waals surface area contributed by atoms with E-state index in [-0.39, 0.29) is 48.0 Å². The summed E-state index contributed by atoms with van der Waals surface area (Å²) in [5.41, 5.74) is -0.00669. The van der Waals surface area contributed by atoms with Crippen molar-refractivity contribution in [3.05, 3.63) is 29.3 Å². The van der Waals surface area contributed by atoms with E-state index in [0.29, 0.717) is 51.9 Å². The molecule has 0 aromatic heterocycles. The number of alkyl halides is 3. The lowest BCUT2D eigenvalue weighted by atomic mass is 9.82. The Labute approximate surface area is 232 Å². The van der Waals surface area contributed by atoms with Crippen LogP contribution in [-0.2, 0) is 26.9 Å². The van der Waals surface area contributed by atoms with E-state index < -0.39 is 17.8 Å². The van der Waals surface area contributed by atoms with Crippen molar-refractivity contribution in [2.24, 2.45) is 23.7 Å². The van der Waals surface area contributed by atoms with Crippen LogP contribution in [0.15, 0.2) is 18.2 Å². The van der Waals surface area contributed by atoms with E-state index in [1.807, 2.05) is 13.8 Å². The van der Waals surface area contributed by atoms with Gasteiger partial charge in [-0.3, -0.25) is 4.79 Å². The van der Waals surface area contributed by atoms with Crippen LogP contribution in [0.5, 0.6) is 5.75 Å². The summed E-state index contributed by atoms with van der Waals surface area (Å²) in [5.74, 6) is 0.0607. The minimum absolute atomic E-state index is 0.0147. The van der Waals surface area contributed by atoms with E-state index >= 15 is 0 Å². The number of benzene rings is 1. The number of nitrogens with one attached hydrogen (secondary N) is 1. The predicted octanol–water partition coefficient (Wildman–Crippen LogP) is 6.03. The second-order valence-electron chi connectivity index (χ2n) is 11.4. The average Bonchev–Trinajstić information content (AvgIpc) is 2.87. The lowest BCUT2D eigenvalue weighted by Gasteiger charge is -2.29. The molecule has 1 fully saturated rings. The summed E-state index contributed by atoms with van der Waals surface area (Å²) in [6.45, 7) is 10.0. The first kappa shape index (κ1) is 33.4. The molecule has 0 radical (unpaired) electrons. The lowest BCUT2D eigenvalue weighted by molar-refractivity contribution is -0.139. The zero-order valence-electron chi connectivity index (χ0n) is 24.2. The summed E-state index contributed by atoms with van der Waals surface area (Å²) < 4.78 is 56.5. The van der Waals surface area contributed by atoms with Crippen LogP contribution in [0.3, 0.4) is 0 Å². The van der Waals surface area contributed by atoms with Gasteiger partial charge in [0.1, 0.15) is 5.75 Å². The number of carbonyl (C=O) groups excluding carboxylic acids is 1. The van der Waals surface area contributed by atoms with Gasteiger partial charge in [0.25, 0.3) is 0 Å². The molecule has 0 spiro atoms. The molecule has 1 amide bonds. The van der Waals surface area contributed by atoms with Gasteiger partial charge < -0.3 is 24.6 Å². The lowest BCUT2D eigenvalue weighted by Crippen LogP contribution is -2.44. The molecule has 1 saturated heterocycles. The standard InChI is InChI=1S/C30H48F3NO5/c1-20(2)23(17-22-7-10-27(30(31,32)33)28(18-22)39-14-6-13-37-5)8-9-25(35)19-26(21(3)4)29(36)34-24-11-15-38-16-12-24/h7,10,18,20-21,23-26,35H,6,8-9,11-17,19H2,1-5H3,(H,34,36)/t23?,25-,26?/m1/s1. The number of aliphatic hydroxyl groups is 1. The van der Waals surface area contributed by atoms with Crippen LogP contribution < -0.4 is 10.1 Å². The van der Waals surface area contributed by atoms with Crippen LogP contribution in [-0.4, -0.2) is 56.7 Å². The maximum absolute atomic E-state index is 13.5. The number of hydrogen-bond donors (Lipinski definition) is 2. The number of rotatable bonds is 16. The first-order valence-electron chi connectivity index (χ1n) is 14.3. The summed E-state index contributed by atoms with van der Waals surface area (Å²) in [4.78, 5) is 13.0. The van der Waals surface area contributed by atoms with Gasteiger partial charge in [-0.15, -0.1) is 0 Å². The van der Waals surface area contributed by atoms with E-state index in [4.69, 9.17) is 14.2 Å². The van der Waals surface area contributed by atoms with Crippen LogP contribution in [0.1, 0.15) is 77.3 Å². The van der Waals surface area contributed by atoms with Crippen LogP contribution in [0.4, 0.5) is 13.2 Å². The maximum atomic E-state index is 13.5. The van der Waals surface area contributed by atoms with Crippen LogP contribution >= 0.6 is 0 Å². The second kappa shape index (κ2) is 16.4. The van der Waals surface area contributed by atoms with Crippen molar-refractivity contribution in [1.29, 1.82) is 0 Å². The summed E-state index contributed by atoms with van der Waals surface area (Å²) in [7, 11) is 1.54. The van der Waals surface area contributed by atoms with Crippen LogP contribution in [0.25, 0.3) is 0 Å². The van der Waals surface area contributed by atoms with Gasteiger partial charge in [-0.1, -0.05) is 33.8 Å². The zero-order valence-corrected chi connectivity index (χ0v) is 24.2. The minimum atomic E-state index is -4.50. The fourth-order valence-electron chi connectivity index (χ4n) is 5.06. The smallest absolute Gasteiger partial charge is 0.419 e. The Morgan fingerprint density at radius 3 is 2.38 bits per heavy atom. The molecule has 2 unspecified atom stereocenters. The van der Waals surface area contributed by atoms with Crippen molar-refractivity contribution in [3.63, 3.8) is 0 Å². The molecule has 1 aliphatic heterocycles. The number of hydrogen-bond acceptors (Lipinski definition) is 5. The largest absolute Gasteiger partial charge is 0.493 e. The highest BCUT2D eigenvalue weighted by atomic mass is 19.4. The highest BCUT2D eigenvalue weighted by Crippen LogP contribution is 2.38. The number of halogens is 3. The summed E-state index contributed by atoms with van der Waals surface area (Å²) in [6.07, 6.45) is -0.834. The molecular weight excluding hydrogens is 511 g/mol. The Morgan fingerprint density at radius 2 is 1.79 bits per heavy atom. The van der Waals surface area contributed by atoms with Crippen molar-refractivity contribution >= 4 is 5.91 Å². The monoisotopic (exact) mass is 559 g/mol. The molecule has 39 heavy (non-hydrogen) atoms. The number of carbonyl (C=O) groups is 1. The summed E-state index contributed by atoms with van der Waals surface area (Å²) in [5, 5.41) is 14.0. The normalized spacial score (nSPS) is 17.3. The van der Waals surface area contributed by atoms with Crippen LogP contribution in [0, 0.1) is 23.7 Å². The molecule has 9 heteroatoms. The van der Waals surface area contributed by atoms with Crippen LogP contribution in [0.2, 0.25) is 0 Å². The molecule has 0 saturated carbocycles. The van der Waals surface area contributed by atoms with Gasteiger partial charge in [-0.05, 0) is 74.0 Å². The molecule has 1 aromatic carbocycles. The molecular formula is C30H48F3NO5. The quantitative estimate of drug-likeness (QED) is 0.242. The second-order valence-corrected chi connectivity index (χ2v) is 11.4. The fourth-order valence-corrected chi connectivity index (χ4v) is 5.06. The van der Waals surface area contributed by atoms with Crippen molar-refractivity contribution in [2.75, 3.05) is 33.5 Å². The van der Waals surface area contributed by atoms with Gasteiger partial charge >= 0.3 is 6.18 Å². The number of ether oxygens (including phenoxy) is 3.